The quantitative estimate of drug-likeness (QED) is 0.588. The maximum absolute atomic E-state index is 13.5. The lowest BCUT2D eigenvalue weighted by atomic mass is 10.0. The molecule has 2 heterocycles. The average molecular weight is 474 g/mol. The van der Waals surface area contributed by atoms with Gasteiger partial charge in [0, 0.05) is 24.0 Å². The van der Waals surface area contributed by atoms with Gasteiger partial charge in [-0.15, -0.1) is 11.3 Å². The number of nitrogens with zero attached hydrogens (tertiary/aromatic N) is 2. The molecule has 1 aromatic carbocycles. The van der Waals surface area contributed by atoms with Crippen LogP contribution in [0.5, 0.6) is 11.5 Å². The van der Waals surface area contributed by atoms with Gasteiger partial charge in [-0.25, -0.2) is 4.79 Å². The minimum Gasteiger partial charge on any atom is -0.493 e. The van der Waals surface area contributed by atoms with E-state index in [0.29, 0.717) is 31.2 Å². The molecule has 33 heavy (non-hydrogen) atoms. The number of ether oxygens (including phenoxy) is 2. The number of hydrogen-bond donors (Lipinski definition) is 1. The van der Waals surface area contributed by atoms with Gasteiger partial charge in [0.1, 0.15) is 13.2 Å². The minimum absolute atomic E-state index is 0.00705. The van der Waals surface area contributed by atoms with E-state index in [1.54, 1.807) is 23.3 Å². The van der Waals surface area contributed by atoms with Crippen molar-refractivity contribution in [2.24, 2.45) is 5.92 Å². The molecule has 1 aliphatic heterocycles. The Balaban J connectivity index is 1.78. The zero-order valence-electron chi connectivity index (χ0n) is 20.2. The highest BCUT2D eigenvalue weighted by atomic mass is 32.1. The molecule has 1 aliphatic rings. The molecule has 2 aromatic rings. The summed E-state index contributed by atoms with van der Waals surface area (Å²) in [6.07, 6.45) is 0.812. The van der Waals surface area contributed by atoms with Crippen molar-refractivity contribution >= 4 is 23.3 Å². The molecule has 0 aliphatic carbocycles. The van der Waals surface area contributed by atoms with E-state index in [-0.39, 0.29) is 36.5 Å². The summed E-state index contributed by atoms with van der Waals surface area (Å²) in [6, 6.07) is 9.17. The highest BCUT2D eigenvalue weighted by Gasteiger charge is 2.33. The van der Waals surface area contributed by atoms with Gasteiger partial charge in [0.2, 0.25) is 5.91 Å². The monoisotopic (exact) mass is 473 g/mol. The number of nitrogens with one attached hydrogen (secondary N) is 1. The Morgan fingerprint density at radius 3 is 2.58 bits per heavy atom. The van der Waals surface area contributed by atoms with Crippen molar-refractivity contribution in [2.45, 2.75) is 46.2 Å². The highest BCUT2D eigenvalue weighted by Crippen LogP contribution is 2.35. The molecule has 0 saturated carbocycles. The summed E-state index contributed by atoms with van der Waals surface area (Å²) in [5.74, 6) is 1.49. The van der Waals surface area contributed by atoms with Gasteiger partial charge in [0.15, 0.2) is 11.5 Å². The first-order valence-corrected chi connectivity index (χ1v) is 12.3. The Morgan fingerprint density at radius 1 is 1.18 bits per heavy atom. The summed E-state index contributed by atoms with van der Waals surface area (Å²) >= 11 is 1.71. The molecule has 0 radical (unpaired) electrons. The smallest absolute Gasteiger partial charge is 0.318 e. The van der Waals surface area contributed by atoms with Gasteiger partial charge in [-0.1, -0.05) is 26.0 Å². The molecule has 1 aromatic heterocycles. The number of carbonyl (C=O) groups is 2. The van der Waals surface area contributed by atoms with Crippen LogP contribution in [0.3, 0.4) is 0 Å². The zero-order valence-corrected chi connectivity index (χ0v) is 21.0. The number of carbonyl (C=O) groups excluding carboxylic acids is 2. The van der Waals surface area contributed by atoms with Gasteiger partial charge < -0.3 is 24.6 Å². The fourth-order valence-electron chi connectivity index (χ4n) is 4.03. The van der Waals surface area contributed by atoms with Gasteiger partial charge in [-0.3, -0.25) is 4.79 Å². The van der Waals surface area contributed by atoms with Crippen LogP contribution in [0.4, 0.5) is 4.79 Å². The Kier molecular flexibility index (Phi) is 8.61. The number of thiophene rings is 1. The highest BCUT2D eigenvalue weighted by molar-refractivity contribution is 7.10. The lowest BCUT2D eigenvalue weighted by Crippen LogP contribution is -2.51. The number of amides is 3. The topological polar surface area (TPSA) is 71.1 Å². The third-order valence-corrected chi connectivity index (χ3v) is 6.49. The summed E-state index contributed by atoms with van der Waals surface area (Å²) in [6.45, 7) is 9.41. The van der Waals surface area contributed by atoms with E-state index in [0.717, 1.165) is 12.0 Å². The standard InChI is InChI=1S/C25H35N3O4S/c1-17(2)14-27(25(30)26-18(3)4)15-24(29)28-12-10-23-19(11-13-33-23)20(28)16-32-22-9-7-6-8-21(22)31-5/h6-9,11,13,17-18,20H,10,12,14-16H2,1-5H3,(H,26,30)/t20-/m0/s1. The molecule has 7 nitrogen and oxygen atoms in total. The minimum atomic E-state index is -0.216. The van der Waals surface area contributed by atoms with Crippen molar-refractivity contribution < 1.29 is 19.1 Å². The lowest BCUT2D eigenvalue weighted by molar-refractivity contribution is -0.135. The van der Waals surface area contributed by atoms with E-state index in [1.807, 2.05) is 56.9 Å². The van der Waals surface area contributed by atoms with Crippen LogP contribution < -0.4 is 14.8 Å². The van der Waals surface area contributed by atoms with Gasteiger partial charge in [0.05, 0.1) is 13.2 Å². The molecule has 0 unspecified atom stereocenters. The SMILES string of the molecule is COc1ccccc1OC[C@H]1c2ccsc2CCN1C(=O)CN(CC(C)C)C(=O)NC(C)C. The van der Waals surface area contributed by atoms with E-state index in [1.165, 1.54) is 4.88 Å². The molecule has 8 heteroatoms. The van der Waals surface area contributed by atoms with Crippen LogP contribution in [-0.2, 0) is 11.2 Å². The van der Waals surface area contributed by atoms with Crippen molar-refractivity contribution in [1.29, 1.82) is 0 Å². The number of urea groups is 1. The normalized spacial score (nSPS) is 15.4. The third kappa shape index (κ3) is 6.41. The van der Waals surface area contributed by atoms with Crippen LogP contribution in [0.1, 0.15) is 44.2 Å². The first-order valence-electron chi connectivity index (χ1n) is 11.5. The maximum atomic E-state index is 13.5. The molecule has 180 valence electrons. The van der Waals surface area contributed by atoms with E-state index in [2.05, 4.69) is 16.8 Å². The molecule has 3 rings (SSSR count). The van der Waals surface area contributed by atoms with Crippen LogP contribution in [0.15, 0.2) is 35.7 Å². The average Bonchev–Trinajstić information content (AvgIpc) is 3.25. The van der Waals surface area contributed by atoms with Crippen LogP contribution >= 0.6 is 11.3 Å². The molecule has 0 saturated heterocycles. The zero-order chi connectivity index (χ0) is 24.0. The molecule has 1 N–H and O–H groups in total. The summed E-state index contributed by atoms with van der Waals surface area (Å²) < 4.78 is 11.5. The van der Waals surface area contributed by atoms with Crippen LogP contribution in [0, 0.1) is 5.92 Å². The van der Waals surface area contributed by atoms with Crippen molar-refractivity contribution in [3.05, 3.63) is 46.2 Å². The molecular formula is C25H35N3O4S. The Labute approximate surface area is 200 Å². The van der Waals surface area contributed by atoms with E-state index < -0.39 is 0 Å². The van der Waals surface area contributed by atoms with E-state index >= 15 is 0 Å². The van der Waals surface area contributed by atoms with Crippen LogP contribution in [0.25, 0.3) is 0 Å². The summed E-state index contributed by atoms with van der Waals surface area (Å²) in [4.78, 5) is 31.0. The predicted octanol–water partition coefficient (Wildman–Crippen LogP) is 4.34. The number of rotatable bonds is 9. The fourth-order valence-corrected chi connectivity index (χ4v) is 4.96. The Hall–Kier alpha value is -2.74. The first-order chi connectivity index (χ1) is 15.8. The summed E-state index contributed by atoms with van der Waals surface area (Å²) in [5, 5.41) is 4.98. The van der Waals surface area contributed by atoms with Crippen molar-refractivity contribution in [2.75, 3.05) is 33.4 Å². The Morgan fingerprint density at radius 2 is 1.91 bits per heavy atom. The van der Waals surface area contributed by atoms with Gasteiger partial charge >= 0.3 is 6.03 Å². The number of fused-ring (bicyclic) bond motifs is 1. The summed E-state index contributed by atoms with van der Waals surface area (Å²) in [7, 11) is 1.61. The summed E-state index contributed by atoms with van der Waals surface area (Å²) in [5.41, 5.74) is 1.12. The van der Waals surface area contributed by atoms with Gasteiger partial charge in [-0.05, 0) is 55.3 Å². The molecule has 0 spiro atoms. The number of benzene rings is 1. The van der Waals surface area contributed by atoms with Crippen molar-refractivity contribution in [3.63, 3.8) is 0 Å². The van der Waals surface area contributed by atoms with Gasteiger partial charge in [-0.2, -0.15) is 0 Å². The largest absolute Gasteiger partial charge is 0.493 e. The molecule has 0 fully saturated rings. The van der Waals surface area contributed by atoms with Gasteiger partial charge in [0.25, 0.3) is 0 Å². The number of methoxy groups -OCH3 is 1. The first kappa shape index (κ1) is 24.9. The molecule has 1 atom stereocenters. The molecule has 3 amide bonds. The lowest BCUT2D eigenvalue weighted by Gasteiger charge is -2.37. The van der Waals surface area contributed by atoms with Crippen molar-refractivity contribution in [1.82, 2.24) is 15.1 Å². The maximum Gasteiger partial charge on any atom is 0.318 e. The number of para-hydroxylation sites is 2. The second kappa shape index (κ2) is 11.4. The number of hydrogen-bond acceptors (Lipinski definition) is 5. The fraction of sp³-hybridized carbons (Fsp3) is 0.520. The van der Waals surface area contributed by atoms with E-state index in [4.69, 9.17) is 9.47 Å². The second-order valence-corrected chi connectivity index (χ2v) is 9.99. The van der Waals surface area contributed by atoms with Crippen molar-refractivity contribution in [3.8, 4) is 11.5 Å². The molecule has 0 bridgehead atoms. The van der Waals surface area contributed by atoms with E-state index in [9.17, 15) is 9.59 Å². The Bertz CT molecular complexity index is 943. The van der Waals surface area contributed by atoms with Crippen LogP contribution in [0.2, 0.25) is 0 Å². The third-order valence-electron chi connectivity index (χ3n) is 5.49. The predicted molar refractivity (Wildman–Crippen MR) is 131 cm³/mol. The second-order valence-electron chi connectivity index (χ2n) is 8.99. The van der Waals surface area contributed by atoms with Crippen LogP contribution in [-0.4, -0.2) is 61.1 Å². The molecular weight excluding hydrogens is 438 g/mol.